The summed E-state index contributed by atoms with van der Waals surface area (Å²) in [5.74, 6) is -0.534. The van der Waals surface area contributed by atoms with E-state index in [0.717, 1.165) is 19.4 Å². The fourth-order valence-corrected chi connectivity index (χ4v) is 5.45. The highest BCUT2D eigenvalue weighted by atomic mass is 79.9. The minimum absolute atomic E-state index is 0.0235. The number of carbonyl (C=O) groups is 3. The van der Waals surface area contributed by atoms with Crippen molar-refractivity contribution >= 4 is 83.4 Å². The van der Waals surface area contributed by atoms with Crippen molar-refractivity contribution in [3.8, 4) is 5.75 Å². The Bertz CT molecular complexity index is 1380. The zero-order valence-electron chi connectivity index (χ0n) is 18.4. The third kappa shape index (κ3) is 5.86. The number of amides is 3. The number of furan rings is 1. The van der Waals surface area contributed by atoms with E-state index in [1.165, 1.54) is 25.3 Å². The Balaban J connectivity index is 1.48. The van der Waals surface area contributed by atoms with E-state index in [0.29, 0.717) is 20.8 Å². The second kappa shape index (κ2) is 11.2. The summed E-state index contributed by atoms with van der Waals surface area (Å²) in [7, 11) is 1.23. The molecule has 0 saturated carbocycles. The highest BCUT2D eigenvalue weighted by Crippen LogP contribution is 2.36. The van der Waals surface area contributed by atoms with Gasteiger partial charge in [-0.2, -0.15) is 0 Å². The molecular weight excluding hydrogens is 687 g/mol. The lowest BCUT2D eigenvalue weighted by atomic mass is 10.1. The van der Waals surface area contributed by atoms with Crippen molar-refractivity contribution < 1.29 is 28.3 Å². The van der Waals surface area contributed by atoms with Gasteiger partial charge in [-0.25, -0.2) is 9.59 Å². The maximum atomic E-state index is 12.8. The van der Waals surface area contributed by atoms with Crippen LogP contribution in [0.4, 0.5) is 4.79 Å². The van der Waals surface area contributed by atoms with Gasteiger partial charge in [0.15, 0.2) is 5.75 Å². The minimum atomic E-state index is -0.654. The monoisotopic (exact) mass is 700 g/mol. The second-order valence-electron chi connectivity index (χ2n) is 7.48. The van der Waals surface area contributed by atoms with Crippen LogP contribution in [0.15, 0.2) is 66.0 Å². The molecule has 0 aliphatic carbocycles. The van der Waals surface area contributed by atoms with Gasteiger partial charge in [0.2, 0.25) is 5.76 Å². The fraction of sp³-hybridized carbons (Fsp3) is 0.125. The first kappa shape index (κ1) is 26.5. The number of benzene rings is 2. The van der Waals surface area contributed by atoms with Gasteiger partial charge in [0.25, 0.3) is 5.91 Å². The molecule has 36 heavy (non-hydrogen) atoms. The first-order chi connectivity index (χ1) is 17.2. The first-order valence-corrected chi connectivity index (χ1v) is 13.0. The van der Waals surface area contributed by atoms with E-state index in [1.807, 2.05) is 18.2 Å². The number of methoxy groups -OCH3 is 1. The number of rotatable bonds is 7. The van der Waals surface area contributed by atoms with E-state index in [-0.39, 0.29) is 30.4 Å². The van der Waals surface area contributed by atoms with E-state index in [2.05, 4.69) is 57.8 Å². The number of ether oxygens (including phenoxy) is 2. The average Bonchev–Trinajstić information content (AvgIpc) is 3.39. The van der Waals surface area contributed by atoms with Crippen molar-refractivity contribution in [2.75, 3.05) is 7.11 Å². The lowest BCUT2D eigenvalue weighted by molar-refractivity contribution is -0.123. The normalized spacial score (nSPS) is 14.4. The largest absolute Gasteiger partial charge is 0.486 e. The van der Waals surface area contributed by atoms with Gasteiger partial charge in [0.1, 0.15) is 18.1 Å². The summed E-state index contributed by atoms with van der Waals surface area (Å²) in [5.41, 5.74) is 1.57. The molecule has 1 fully saturated rings. The van der Waals surface area contributed by atoms with Gasteiger partial charge in [0.05, 0.1) is 23.1 Å². The lowest BCUT2D eigenvalue weighted by Crippen LogP contribution is -2.30. The van der Waals surface area contributed by atoms with E-state index in [4.69, 9.17) is 20.8 Å². The van der Waals surface area contributed by atoms with Gasteiger partial charge < -0.3 is 19.2 Å². The smallest absolute Gasteiger partial charge is 0.373 e. The third-order valence-corrected chi connectivity index (χ3v) is 7.14. The van der Waals surface area contributed by atoms with E-state index >= 15 is 0 Å². The van der Waals surface area contributed by atoms with Crippen molar-refractivity contribution in [1.82, 2.24) is 10.2 Å². The molecule has 1 N–H and O–H groups in total. The molecule has 1 aliphatic heterocycles. The van der Waals surface area contributed by atoms with Gasteiger partial charge in [0, 0.05) is 14.5 Å². The van der Waals surface area contributed by atoms with Crippen molar-refractivity contribution in [2.45, 2.75) is 13.2 Å². The zero-order chi connectivity index (χ0) is 26.0. The van der Waals surface area contributed by atoms with E-state index < -0.39 is 17.9 Å². The Morgan fingerprint density at radius 3 is 2.58 bits per heavy atom. The molecule has 2 heterocycles. The van der Waals surface area contributed by atoms with Crippen LogP contribution in [-0.4, -0.2) is 29.9 Å². The predicted molar refractivity (Wildman–Crippen MR) is 142 cm³/mol. The topological polar surface area (TPSA) is 98.1 Å². The summed E-state index contributed by atoms with van der Waals surface area (Å²) in [6, 6.07) is 11.4. The number of nitrogens with zero attached hydrogens (tertiary/aromatic N) is 1. The Labute approximate surface area is 235 Å². The standard InChI is InChI=1S/C24H16Br3ClN2O6/c1-34-23(32)20-5-4-15(36-20)10-30-22(31)19(29-24(30)33)8-12-6-17(27)21(18(28)7-12)35-11-13-2-3-14(25)9-16(13)26/h2-9H,10-11H2,1H3,(H,29,33)/b19-8-. The van der Waals surface area contributed by atoms with Gasteiger partial charge in [-0.3, -0.25) is 9.69 Å². The van der Waals surface area contributed by atoms with Gasteiger partial charge >= 0.3 is 12.0 Å². The average molecular weight is 704 g/mol. The quantitative estimate of drug-likeness (QED) is 0.168. The number of urea groups is 1. The zero-order valence-corrected chi connectivity index (χ0v) is 24.0. The summed E-state index contributed by atoms with van der Waals surface area (Å²) < 4.78 is 18.3. The molecule has 8 nitrogen and oxygen atoms in total. The van der Waals surface area contributed by atoms with Crippen LogP contribution in [0.2, 0.25) is 5.02 Å². The molecule has 186 valence electrons. The number of imide groups is 1. The number of hydrogen-bond acceptors (Lipinski definition) is 6. The fourth-order valence-electron chi connectivity index (χ4n) is 3.30. The van der Waals surface area contributed by atoms with Crippen LogP contribution >= 0.6 is 59.4 Å². The van der Waals surface area contributed by atoms with E-state index in [1.54, 1.807) is 12.1 Å². The van der Waals surface area contributed by atoms with Gasteiger partial charge in [-0.05, 0) is 64.0 Å². The minimum Gasteiger partial charge on any atom is -0.486 e. The molecule has 1 aromatic heterocycles. The molecule has 0 radical (unpaired) electrons. The third-order valence-electron chi connectivity index (χ3n) is 5.04. The number of nitrogens with one attached hydrogen (secondary N) is 1. The molecule has 0 unspecified atom stereocenters. The second-order valence-corrected chi connectivity index (χ2v) is 10.5. The maximum absolute atomic E-state index is 12.8. The van der Waals surface area contributed by atoms with Crippen molar-refractivity contribution in [1.29, 1.82) is 0 Å². The summed E-state index contributed by atoms with van der Waals surface area (Å²) in [6.07, 6.45) is 1.51. The molecular formula is C24H16Br3ClN2O6. The molecule has 1 saturated heterocycles. The number of carbonyl (C=O) groups excluding carboxylic acids is 3. The van der Waals surface area contributed by atoms with Gasteiger partial charge in [-0.1, -0.05) is 49.5 Å². The SMILES string of the molecule is COC(=O)c1ccc(CN2C(=O)N/C(=C\c3cc(Cl)c(OCc4ccc(Br)cc4Br)c(Br)c3)C2=O)o1. The Morgan fingerprint density at radius 2 is 1.89 bits per heavy atom. The molecule has 12 heteroatoms. The molecule has 3 aromatic rings. The molecule has 2 aromatic carbocycles. The first-order valence-electron chi connectivity index (χ1n) is 10.2. The number of esters is 1. The van der Waals surface area contributed by atoms with Crippen LogP contribution in [0.5, 0.6) is 5.75 Å². The summed E-state index contributed by atoms with van der Waals surface area (Å²) >= 11 is 16.8. The van der Waals surface area contributed by atoms with Crippen molar-refractivity contribution in [3.05, 3.63) is 89.2 Å². The van der Waals surface area contributed by atoms with Gasteiger partial charge in [-0.15, -0.1) is 0 Å². The van der Waals surface area contributed by atoms with Crippen LogP contribution in [0.25, 0.3) is 6.08 Å². The molecule has 1 aliphatic rings. The van der Waals surface area contributed by atoms with Crippen LogP contribution in [-0.2, 0) is 22.7 Å². The van der Waals surface area contributed by atoms with Crippen molar-refractivity contribution in [2.24, 2.45) is 0 Å². The molecule has 0 spiro atoms. The summed E-state index contributed by atoms with van der Waals surface area (Å²) in [5, 5.41) is 2.86. The van der Waals surface area contributed by atoms with Crippen LogP contribution in [0.3, 0.4) is 0 Å². The highest BCUT2D eigenvalue weighted by molar-refractivity contribution is 9.11. The molecule has 4 rings (SSSR count). The Kier molecular flexibility index (Phi) is 8.23. The van der Waals surface area contributed by atoms with Crippen LogP contribution in [0.1, 0.15) is 27.4 Å². The maximum Gasteiger partial charge on any atom is 0.373 e. The molecule has 3 amide bonds. The molecule has 0 bridgehead atoms. The summed E-state index contributed by atoms with van der Waals surface area (Å²) in [4.78, 5) is 37.8. The predicted octanol–water partition coefficient (Wildman–Crippen LogP) is 6.68. The van der Waals surface area contributed by atoms with E-state index in [9.17, 15) is 14.4 Å². The van der Waals surface area contributed by atoms with Crippen molar-refractivity contribution in [3.63, 3.8) is 0 Å². The Morgan fingerprint density at radius 1 is 1.11 bits per heavy atom. The number of halogens is 4. The summed E-state index contributed by atoms with van der Waals surface area (Å²) in [6.45, 7) is 0.127. The number of hydrogen-bond donors (Lipinski definition) is 1. The Hall–Kier alpha value is -2.60. The van der Waals surface area contributed by atoms with Crippen LogP contribution < -0.4 is 10.1 Å². The lowest BCUT2D eigenvalue weighted by Gasteiger charge is -2.12. The molecule has 0 atom stereocenters. The highest BCUT2D eigenvalue weighted by Gasteiger charge is 2.34. The van der Waals surface area contributed by atoms with Crippen LogP contribution in [0, 0.1) is 0 Å².